The molecule has 0 heterocycles. The molecule has 0 saturated carbocycles. The fourth-order valence-electron chi connectivity index (χ4n) is 1.42. The van der Waals surface area contributed by atoms with Crippen LogP contribution >= 0.6 is 0 Å². The van der Waals surface area contributed by atoms with Gasteiger partial charge in [0.2, 0.25) is 0 Å². The smallest absolute Gasteiger partial charge is 0.192 e. The van der Waals surface area contributed by atoms with Crippen LogP contribution in [0.1, 0.15) is 41.0 Å². The molecule has 0 spiro atoms. The van der Waals surface area contributed by atoms with Crippen LogP contribution in [0.2, 0.25) is 18.1 Å². The Morgan fingerprint density at radius 1 is 1.29 bits per heavy atom. The molecule has 0 amide bonds. The van der Waals surface area contributed by atoms with E-state index in [-0.39, 0.29) is 17.7 Å². The maximum atomic E-state index is 9.04. The van der Waals surface area contributed by atoms with Crippen LogP contribution in [-0.2, 0) is 4.43 Å². The van der Waals surface area contributed by atoms with E-state index in [9.17, 15) is 0 Å². The molecule has 0 aliphatic carbocycles. The first-order chi connectivity index (χ1) is 7.65. The highest BCUT2D eigenvalue weighted by molar-refractivity contribution is 6.74. The van der Waals surface area contributed by atoms with Crippen LogP contribution in [0.4, 0.5) is 0 Å². The van der Waals surface area contributed by atoms with Gasteiger partial charge < -0.3 is 9.53 Å². The molecule has 0 radical (unpaired) electrons. The van der Waals surface area contributed by atoms with Crippen molar-refractivity contribution in [2.45, 2.75) is 65.3 Å². The summed E-state index contributed by atoms with van der Waals surface area (Å²) in [5.41, 5.74) is 0. The Labute approximate surface area is 108 Å². The molecule has 0 rings (SSSR count). The maximum absolute atomic E-state index is 9.04. The number of allylic oxidation sites excluding steroid dienone is 1. The van der Waals surface area contributed by atoms with Crippen LogP contribution < -0.4 is 0 Å². The van der Waals surface area contributed by atoms with Gasteiger partial charge in [0.05, 0.1) is 6.10 Å². The van der Waals surface area contributed by atoms with Crippen molar-refractivity contribution in [3.8, 4) is 0 Å². The quantitative estimate of drug-likeness (QED) is 0.577. The lowest BCUT2D eigenvalue weighted by molar-refractivity contribution is 0.143. The highest BCUT2D eigenvalue weighted by Crippen LogP contribution is 2.38. The minimum absolute atomic E-state index is 0.132. The molecule has 0 unspecified atom stereocenters. The Kier molecular flexibility index (Phi) is 6.67. The molecular formula is C14H30O2Si. The Hall–Kier alpha value is -0.123. The second-order valence-corrected chi connectivity index (χ2v) is 11.1. The van der Waals surface area contributed by atoms with Crippen LogP contribution in [0.15, 0.2) is 12.2 Å². The normalized spacial score (nSPS) is 17.4. The third-order valence-corrected chi connectivity index (χ3v) is 8.24. The summed E-state index contributed by atoms with van der Waals surface area (Å²) in [6.45, 7) is 15.7. The van der Waals surface area contributed by atoms with Crippen molar-refractivity contribution in [3.05, 3.63) is 12.2 Å². The monoisotopic (exact) mass is 258 g/mol. The highest BCUT2D eigenvalue weighted by atomic mass is 28.4. The van der Waals surface area contributed by atoms with E-state index in [1.807, 2.05) is 13.0 Å². The molecule has 102 valence electrons. The topological polar surface area (TPSA) is 29.5 Å². The van der Waals surface area contributed by atoms with E-state index in [4.69, 9.17) is 9.53 Å². The average molecular weight is 258 g/mol. The molecule has 0 aliphatic rings. The van der Waals surface area contributed by atoms with Crippen molar-refractivity contribution in [2.75, 3.05) is 6.61 Å². The van der Waals surface area contributed by atoms with Crippen LogP contribution in [0.3, 0.4) is 0 Å². The number of hydrogen-bond donors (Lipinski definition) is 1. The third-order valence-electron chi connectivity index (χ3n) is 3.76. The summed E-state index contributed by atoms with van der Waals surface area (Å²) in [5, 5.41) is 9.27. The SMILES string of the molecule is C/C=C/[C@H](O[Si](C)(C)C(C)(C)C)[C@H](C)CCO. The van der Waals surface area contributed by atoms with Gasteiger partial charge in [0, 0.05) is 6.61 Å². The van der Waals surface area contributed by atoms with E-state index in [0.717, 1.165) is 6.42 Å². The van der Waals surface area contributed by atoms with E-state index < -0.39 is 8.32 Å². The molecular weight excluding hydrogens is 228 g/mol. The third kappa shape index (κ3) is 5.36. The lowest BCUT2D eigenvalue weighted by Gasteiger charge is -2.40. The summed E-state index contributed by atoms with van der Waals surface area (Å²) in [6, 6.07) is 0. The molecule has 0 aromatic rings. The fraction of sp³-hybridized carbons (Fsp3) is 0.857. The molecule has 0 fully saturated rings. The van der Waals surface area contributed by atoms with E-state index in [1.165, 1.54) is 0 Å². The zero-order chi connectivity index (χ0) is 13.7. The standard InChI is InChI=1S/C14H30O2Si/c1-8-9-13(12(2)10-11-15)16-17(6,7)14(3,4)5/h8-9,12-13,15H,10-11H2,1-7H3/b9-8+/t12-,13+/m1/s1. The second-order valence-electron chi connectivity index (χ2n) is 6.36. The van der Waals surface area contributed by atoms with Crippen molar-refractivity contribution in [1.29, 1.82) is 0 Å². The largest absolute Gasteiger partial charge is 0.410 e. The molecule has 2 nitrogen and oxygen atoms in total. The van der Waals surface area contributed by atoms with Crippen LogP contribution in [0.25, 0.3) is 0 Å². The van der Waals surface area contributed by atoms with Gasteiger partial charge in [-0.15, -0.1) is 0 Å². The zero-order valence-corrected chi connectivity index (χ0v) is 13.6. The van der Waals surface area contributed by atoms with E-state index in [2.05, 4.69) is 46.9 Å². The van der Waals surface area contributed by atoms with E-state index >= 15 is 0 Å². The molecule has 0 saturated heterocycles. The fourth-order valence-corrected chi connectivity index (χ4v) is 2.76. The average Bonchev–Trinajstić information content (AvgIpc) is 2.15. The summed E-state index contributed by atoms with van der Waals surface area (Å²) in [7, 11) is -1.73. The lowest BCUT2D eigenvalue weighted by Crippen LogP contribution is -2.45. The van der Waals surface area contributed by atoms with Gasteiger partial charge in [-0.3, -0.25) is 0 Å². The van der Waals surface area contributed by atoms with Gasteiger partial charge in [-0.25, -0.2) is 0 Å². The predicted molar refractivity (Wildman–Crippen MR) is 77.8 cm³/mol. The van der Waals surface area contributed by atoms with Gasteiger partial charge in [-0.1, -0.05) is 39.8 Å². The van der Waals surface area contributed by atoms with Crippen molar-refractivity contribution < 1.29 is 9.53 Å². The zero-order valence-electron chi connectivity index (χ0n) is 12.6. The highest BCUT2D eigenvalue weighted by Gasteiger charge is 2.39. The van der Waals surface area contributed by atoms with Crippen molar-refractivity contribution >= 4 is 8.32 Å². The number of aliphatic hydroxyl groups is 1. The lowest BCUT2D eigenvalue weighted by atomic mass is 10.0. The molecule has 2 atom stereocenters. The summed E-state index contributed by atoms with van der Waals surface area (Å²) in [6.07, 6.45) is 5.10. The Balaban J connectivity index is 4.76. The van der Waals surface area contributed by atoms with Gasteiger partial charge in [0.25, 0.3) is 0 Å². The molecule has 0 aliphatic heterocycles. The van der Waals surface area contributed by atoms with Crippen molar-refractivity contribution in [3.63, 3.8) is 0 Å². The predicted octanol–water partition coefficient (Wildman–Crippen LogP) is 3.97. The summed E-state index contributed by atoms with van der Waals surface area (Å²) in [4.78, 5) is 0. The van der Waals surface area contributed by atoms with Gasteiger partial charge in [-0.2, -0.15) is 0 Å². The molecule has 0 aromatic carbocycles. The maximum Gasteiger partial charge on any atom is 0.192 e. The van der Waals surface area contributed by atoms with Crippen molar-refractivity contribution in [1.82, 2.24) is 0 Å². The Bertz CT molecular complexity index is 241. The van der Waals surface area contributed by atoms with Gasteiger partial charge in [-0.05, 0) is 37.4 Å². The molecule has 1 N–H and O–H groups in total. The summed E-state index contributed by atoms with van der Waals surface area (Å²) < 4.78 is 6.40. The molecule has 17 heavy (non-hydrogen) atoms. The first-order valence-electron chi connectivity index (χ1n) is 6.57. The number of rotatable bonds is 6. The number of aliphatic hydroxyl groups excluding tert-OH is 1. The van der Waals surface area contributed by atoms with E-state index in [0.29, 0.717) is 5.92 Å². The molecule has 3 heteroatoms. The van der Waals surface area contributed by atoms with Gasteiger partial charge in [0.1, 0.15) is 0 Å². The summed E-state index contributed by atoms with van der Waals surface area (Å²) in [5.74, 6) is 0.366. The van der Waals surface area contributed by atoms with E-state index in [1.54, 1.807) is 0 Å². The van der Waals surface area contributed by atoms with Gasteiger partial charge in [0.15, 0.2) is 8.32 Å². The first-order valence-corrected chi connectivity index (χ1v) is 9.48. The minimum Gasteiger partial charge on any atom is -0.410 e. The minimum atomic E-state index is -1.73. The van der Waals surface area contributed by atoms with Gasteiger partial charge >= 0.3 is 0 Å². The van der Waals surface area contributed by atoms with Crippen LogP contribution in [0, 0.1) is 5.92 Å². The first kappa shape index (κ1) is 16.9. The second kappa shape index (κ2) is 6.71. The van der Waals surface area contributed by atoms with Crippen LogP contribution in [-0.4, -0.2) is 26.1 Å². The Morgan fingerprint density at radius 3 is 2.18 bits per heavy atom. The van der Waals surface area contributed by atoms with Crippen LogP contribution in [0.5, 0.6) is 0 Å². The summed E-state index contributed by atoms with van der Waals surface area (Å²) >= 11 is 0. The molecule has 0 aromatic heterocycles. The molecule has 0 bridgehead atoms. The Morgan fingerprint density at radius 2 is 1.82 bits per heavy atom. The van der Waals surface area contributed by atoms with Crippen molar-refractivity contribution in [2.24, 2.45) is 5.92 Å². The number of hydrogen-bond acceptors (Lipinski definition) is 2.